The van der Waals surface area contributed by atoms with E-state index >= 15 is 0 Å². The van der Waals surface area contributed by atoms with Gasteiger partial charge in [0.1, 0.15) is 11.1 Å². The van der Waals surface area contributed by atoms with Gasteiger partial charge < -0.3 is 9.84 Å². The first-order valence-corrected chi connectivity index (χ1v) is 7.73. The number of carboxylic acid groups (broad SMARTS) is 1. The molecule has 1 saturated heterocycles. The molecule has 0 radical (unpaired) electrons. The maximum atomic E-state index is 13.4. The number of ether oxygens (including phenoxy) is 1. The average Bonchev–Trinajstić information content (AvgIpc) is 2.86. The molecule has 1 N–H and O–H groups in total. The Labute approximate surface area is 139 Å². The van der Waals surface area contributed by atoms with Crippen LogP contribution in [0.25, 0.3) is 0 Å². The van der Waals surface area contributed by atoms with Gasteiger partial charge in [0.05, 0.1) is 0 Å². The predicted octanol–water partition coefficient (Wildman–Crippen LogP) is 3.36. The zero-order valence-electron chi connectivity index (χ0n) is 13.9. The molecule has 0 unspecified atom stereocenters. The van der Waals surface area contributed by atoms with Crippen LogP contribution in [0.3, 0.4) is 0 Å². The highest BCUT2D eigenvalue weighted by atomic mass is 19.2. The number of hydrogen-bond acceptors (Lipinski definition) is 3. The number of carbonyl (C=O) groups is 2. The van der Waals surface area contributed by atoms with E-state index in [9.17, 15) is 23.5 Å². The summed E-state index contributed by atoms with van der Waals surface area (Å²) in [6.45, 7) is 5.32. The molecule has 1 aromatic rings. The molecule has 1 amide bonds. The van der Waals surface area contributed by atoms with Crippen LogP contribution >= 0.6 is 0 Å². The maximum Gasteiger partial charge on any atom is 0.411 e. The first-order valence-electron chi connectivity index (χ1n) is 7.73. The summed E-state index contributed by atoms with van der Waals surface area (Å²) in [5, 5.41) is 9.75. The van der Waals surface area contributed by atoms with E-state index in [4.69, 9.17) is 4.74 Å². The van der Waals surface area contributed by atoms with Crippen molar-refractivity contribution < 1.29 is 28.2 Å². The summed E-state index contributed by atoms with van der Waals surface area (Å²) >= 11 is 0. The van der Waals surface area contributed by atoms with Crippen LogP contribution in [-0.2, 0) is 16.0 Å². The molecule has 1 heterocycles. The Hall–Kier alpha value is -2.18. The topological polar surface area (TPSA) is 66.8 Å². The summed E-state index contributed by atoms with van der Waals surface area (Å²) in [6, 6.07) is 3.24. The number of aliphatic carboxylic acids is 1. The van der Waals surface area contributed by atoms with E-state index in [1.54, 1.807) is 20.8 Å². The van der Waals surface area contributed by atoms with Crippen LogP contribution in [0.15, 0.2) is 18.2 Å². The van der Waals surface area contributed by atoms with Gasteiger partial charge in [-0.3, -0.25) is 4.90 Å². The highest BCUT2D eigenvalue weighted by Gasteiger charge is 2.51. The third-order valence-electron chi connectivity index (χ3n) is 3.98. The van der Waals surface area contributed by atoms with Crippen molar-refractivity contribution in [2.24, 2.45) is 0 Å². The van der Waals surface area contributed by atoms with E-state index in [0.29, 0.717) is 12.0 Å². The molecule has 1 fully saturated rings. The van der Waals surface area contributed by atoms with Gasteiger partial charge in [-0.1, -0.05) is 6.07 Å². The van der Waals surface area contributed by atoms with Crippen molar-refractivity contribution in [1.29, 1.82) is 0 Å². The maximum absolute atomic E-state index is 13.4. The number of carbonyl (C=O) groups excluding carboxylic acids is 1. The van der Waals surface area contributed by atoms with Crippen LogP contribution in [0.4, 0.5) is 13.6 Å². The molecule has 0 aromatic heterocycles. The second-order valence-electron chi connectivity index (χ2n) is 7.00. The van der Waals surface area contributed by atoms with Crippen molar-refractivity contribution in [1.82, 2.24) is 4.90 Å². The lowest BCUT2D eigenvalue weighted by atomic mass is 9.88. The minimum absolute atomic E-state index is 0.112. The van der Waals surface area contributed by atoms with Gasteiger partial charge in [-0.15, -0.1) is 0 Å². The molecule has 0 spiro atoms. The molecule has 0 bridgehead atoms. The van der Waals surface area contributed by atoms with Crippen molar-refractivity contribution in [3.63, 3.8) is 0 Å². The van der Waals surface area contributed by atoms with E-state index in [1.165, 1.54) is 11.0 Å². The molecule has 7 heteroatoms. The highest BCUT2D eigenvalue weighted by molar-refractivity contribution is 5.85. The van der Waals surface area contributed by atoms with Crippen LogP contribution in [0.5, 0.6) is 0 Å². The van der Waals surface area contributed by atoms with Crippen molar-refractivity contribution in [3.8, 4) is 0 Å². The normalized spacial score (nSPS) is 21.0. The lowest BCUT2D eigenvalue weighted by Gasteiger charge is -2.36. The summed E-state index contributed by atoms with van der Waals surface area (Å²) in [7, 11) is 0. The fourth-order valence-electron chi connectivity index (χ4n) is 2.93. The van der Waals surface area contributed by atoms with Gasteiger partial charge in [-0.2, -0.15) is 0 Å². The number of amides is 1. The Bertz CT molecular complexity index is 656. The van der Waals surface area contributed by atoms with E-state index in [0.717, 1.165) is 12.1 Å². The standard InChI is InChI=1S/C17H21F2NO4/c1-16(2,3)24-15(23)20-8-4-7-17(20,14(21)22)10-11-5-6-12(18)13(19)9-11/h5-6,9H,4,7-8,10H2,1-3H3,(H,21,22)/t17-/m1/s1. The van der Waals surface area contributed by atoms with E-state index in [-0.39, 0.29) is 19.4 Å². The van der Waals surface area contributed by atoms with Crippen LogP contribution < -0.4 is 0 Å². The number of hydrogen-bond donors (Lipinski definition) is 1. The summed E-state index contributed by atoms with van der Waals surface area (Å²) in [4.78, 5) is 25.5. The van der Waals surface area contributed by atoms with Gasteiger partial charge in [0.15, 0.2) is 11.6 Å². The summed E-state index contributed by atoms with van der Waals surface area (Å²) < 4.78 is 31.8. The Balaban J connectivity index is 2.33. The monoisotopic (exact) mass is 341 g/mol. The van der Waals surface area contributed by atoms with Crippen LogP contribution in [-0.4, -0.2) is 39.8 Å². The summed E-state index contributed by atoms with van der Waals surface area (Å²) in [5.74, 6) is -3.23. The number of halogens is 2. The Morgan fingerprint density at radius 1 is 1.29 bits per heavy atom. The van der Waals surface area contributed by atoms with Crippen molar-refractivity contribution in [2.45, 2.75) is 51.2 Å². The molecule has 24 heavy (non-hydrogen) atoms. The fourth-order valence-corrected chi connectivity index (χ4v) is 2.93. The number of likely N-dealkylation sites (tertiary alicyclic amines) is 1. The van der Waals surface area contributed by atoms with Gasteiger partial charge >= 0.3 is 12.1 Å². The van der Waals surface area contributed by atoms with Crippen molar-refractivity contribution in [2.75, 3.05) is 6.54 Å². The molecule has 1 aliphatic rings. The first-order chi connectivity index (χ1) is 11.0. The largest absolute Gasteiger partial charge is 0.479 e. The second kappa shape index (κ2) is 6.37. The molecule has 1 aliphatic heterocycles. The van der Waals surface area contributed by atoms with Gasteiger partial charge in [-0.05, 0) is 51.3 Å². The van der Waals surface area contributed by atoms with E-state index in [1.807, 2.05) is 0 Å². The number of nitrogens with zero attached hydrogens (tertiary/aromatic N) is 1. The van der Waals surface area contributed by atoms with Crippen LogP contribution in [0.2, 0.25) is 0 Å². The van der Waals surface area contributed by atoms with Crippen molar-refractivity contribution in [3.05, 3.63) is 35.4 Å². The quantitative estimate of drug-likeness (QED) is 0.915. The first kappa shape index (κ1) is 18.2. The lowest BCUT2D eigenvalue weighted by molar-refractivity contribution is -0.149. The summed E-state index contributed by atoms with van der Waals surface area (Å²) in [6.07, 6.45) is -0.112. The second-order valence-corrected chi connectivity index (χ2v) is 7.00. The zero-order chi connectivity index (χ0) is 18.1. The minimum atomic E-state index is -1.52. The molecule has 0 aliphatic carbocycles. The third-order valence-corrected chi connectivity index (χ3v) is 3.98. The summed E-state index contributed by atoms with van der Waals surface area (Å²) in [5.41, 5.74) is -1.97. The fraction of sp³-hybridized carbons (Fsp3) is 0.529. The lowest BCUT2D eigenvalue weighted by Crippen LogP contribution is -2.55. The molecule has 1 atom stereocenters. The zero-order valence-corrected chi connectivity index (χ0v) is 13.9. The van der Waals surface area contributed by atoms with Gasteiger partial charge in [0.2, 0.25) is 0 Å². The molecular weight excluding hydrogens is 320 g/mol. The number of benzene rings is 1. The number of rotatable bonds is 3. The minimum Gasteiger partial charge on any atom is -0.479 e. The Kier molecular flexibility index (Phi) is 4.82. The molecule has 132 valence electrons. The predicted molar refractivity (Wildman–Crippen MR) is 82.6 cm³/mol. The van der Waals surface area contributed by atoms with Crippen LogP contribution in [0.1, 0.15) is 39.2 Å². The van der Waals surface area contributed by atoms with Gasteiger partial charge in [0, 0.05) is 13.0 Å². The Morgan fingerprint density at radius 3 is 2.50 bits per heavy atom. The van der Waals surface area contributed by atoms with Crippen molar-refractivity contribution >= 4 is 12.1 Å². The van der Waals surface area contributed by atoms with Crippen LogP contribution in [0, 0.1) is 11.6 Å². The van der Waals surface area contributed by atoms with Gasteiger partial charge in [-0.25, -0.2) is 18.4 Å². The third kappa shape index (κ3) is 3.66. The number of carboxylic acids is 1. The molecular formula is C17H21F2NO4. The molecule has 5 nitrogen and oxygen atoms in total. The highest BCUT2D eigenvalue weighted by Crippen LogP contribution is 2.34. The van der Waals surface area contributed by atoms with Gasteiger partial charge in [0.25, 0.3) is 0 Å². The molecule has 2 rings (SSSR count). The molecule has 1 aromatic carbocycles. The van der Waals surface area contributed by atoms with E-state index < -0.39 is 34.8 Å². The Morgan fingerprint density at radius 2 is 1.96 bits per heavy atom. The smallest absolute Gasteiger partial charge is 0.411 e. The molecule has 0 saturated carbocycles. The van der Waals surface area contributed by atoms with E-state index in [2.05, 4.69) is 0 Å². The average molecular weight is 341 g/mol. The SMILES string of the molecule is CC(C)(C)OC(=O)N1CCC[C@@]1(Cc1ccc(F)c(F)c1)C(=O)O.